The number of amides is 2. The van der Waals surface area contributed by atoms with Crippen LogP contribution in [0.2, 0.25) is 0 Å². The van der Waals surface area contributed by atoms with Crippen LogP contribution in [0.4, 0.5) is 4.79 Å². The fourth-order valence-electron chi connectivity index (χ4n) is 4.21. The number of carboxylic acid groups (broad SMARTS) is 1. The van der Waals surface area contributed by atoms with Crippen LogP contribution in [0.3, 0.4) is 0 Å². The van der Waals surface area contributed by atoms with E-state index in [0.717, 1.165) is 28.7 Å². The maximum absolute atomic E-state index is 12.3. The number of methoxy groups -OCH3 is 1. The third-order valence-electron chi connectivity index (χ3n) is 6.04. The number of alkyl carbamates (subject to hydrolysis) is 1. The molecule has 0 saturated heterocycles. The van der Waals surface area contributed by atoms with E-state index in [1.165, 1.54) is 7.11 Å². The van der Waals surface area contributed by atoms with E-state index < -0.39 is 30.1 Å². The number of benzene rings is 2. The van der Waals surface area contributed by atoms with Gasteiger partial charge < -0.3 is 25.2 Å². The number of aliphatic carboxylic acids is 1. The van der Waals surface area contributed by atoms with E-state index in [2.05, 4.69) is 22.8 Å². The lowest BCUT2D eigenvalue weighted by atomic mass is 9.98. The minimum atomic E-state index is -1.06. The normalized spacial score (nSPS) is 13.9. The number of hydrogen-bond donors (Lipinski definition) is 3. The van der Waals surface area contributed by atoms with Gasteiger partial charge in [-0.1, -0.05) is 68.3 Å². The Hall–Kier alpha value is -3.39. The van der Waals surface area contributed by atoms with Crippen LogP contribution >= 0.6 is 0 Å². The van der Waals surface area contributed by atoms with Crippen LogP contribution in [0, 0.1) is 0 Å². The highest BCUT2D eigenvalue weighted by molar-refractivity contribution is 5.84. The second-order valence-electron chi connectivity index (χ2n) is 8.37. The summed E-state index contributed by atoms with van der Waals surface area (Å²) in [6.45, 7) is 2.21. The summed E-state index contributed by atoms with van der Waals surface area (Å²) >= 11 is 0. The summed E-state index contributed by atoms with van der Waals surface area (Å²) in [5.41, 5.74) is 4.55. The fourth-order valence-corrected chi connectivity index (χ4v) is 4.21. The molecule has 8 heteroatoms. The van der Waals surface area contributed by atoms with E-state index >= 15 is 0 Å². The summed E-state index contributed by atoms with van der Waals surface area (Å²) in [5.74, 6) is -1.55. The smallest absolute Gasteiger partial charge is 0.407 e. The maximum atomic E-state index is 12.3. The Labute approximate surface area is 199 Å². The van der Waals surface area contributed by atoms with Crippen molar-refractivity contribution in [3.05, 3.63) is 59.7 Å². The Morgan fingerprint density at radius 1 is 1.03 bits per heavy atom. The van der Waals surface area contributed by atoms with Crippen LogP contribution in [-0.2, 0) is 19.1 Å². The van der Waals surface area contributed by atoms with Crippen molar-refractivity contribution in [1.82, 2.24) is 10.6 Å². The molecule has 1 aliphatic carbocycles. The first kappa shape index (κ1) is 25.2. The number of carbonyl (C=O) groups excluding carboxylic acids is 2. The zero-order valence-electron chi connectivity index (χ0n) is 19.6. The van der Waals surface area contributed by atoms with Crippen molar-refractivity contribution >= 4 is 18.0 Å². The van der Waals surface area contributed by atoms with Crippen molar-refractivity contribution in [2.45, 2.75) is 50.7 Å². The molecule has 0 fully saturated rings. The molecular formula is C26H32N2O6. The van der Waals surface area contributed by atoms with E-state index in [9.17, 15) is 19.5 Å². The molecule has 2 atom stereocenters. The first-order valence-electron chi connectivity index (χ1n) is 11.6. The first-order chi connectivity index (χ1) is 16.4. The molecule has 0 radical (unpaired) electrons. The topological polar surface area (TPSA) is 114 Å². The van der Waals surface area contributed by atoms with Crippen LogP contribution in [0.1, 0.15) is 49.7 Å². The van der Waals surface area contributed by atoms with Gasteiger partial charge in [-0.15, -0.1) is 0 Å². The largest absolute Gasteiger partial charge is 0.480 e. The number of unbranched alkanes of at least 4 members (excludes halogenated alkanes) is 1. The van der Waals surface area contributed by atoms with Gasteiger partial charge in [0.1, 0.15) is 12.6 Å². The zero-order chi connectivity index (χ0) is 24.5. The van der Waals surface area contributed by atoms with Gasteiger partial charge in [-0.25, -0.2) is 9.59 Å². The molecule has 3 N–H and O–H groups in total. The molecule has 3 rings (SSSR count). The second kappa shape index (κ2) is 12.2. The lowest BCUT2D eigenvalue weighted by Crippen LogP contribution is -2.43. The van der Waals surface area contributed by atoms with Crippen LogP contribution in [0.5, 0.6) is 0 Å². The Bertz CT molecular complexity index is 963. The molecule has 0 bridgehead atoms. The molecule has 8 nitrogen and oxygen atoms in total. The second-order valence-corrected chi connectivity index (χ2v) is 8.37. The molecule has 34 heavy (non-hydrogen) atoms. The molecule has 0 heterocycles. The molecule has 2 amide bonds. The van der Waals surface area contributed by atoms with E-state index in [0.29, 0.717) is 12.8 Å². The zero-order valence-corrected chi connectivity index (χ0v) is 19.6. The first-order valence-corrected chi connectivity index (χ1v) is 11.6. The lowest BCUT2D eigenvalue weighted by molar-refractivity contribution is -0.142. The average molecular weight is 469 g/mol. The summed E-state index contributed by atoms with van der Waals surface area (Å²) in [6, 6.07) is 15.2. The molecule has 0 saturated carbocycles. The number of fused-ring (bicyclic) bond motifs is 3. The number of carbonyl (C=O) groups is 3. The predicted octanol–water partition coefficient (Wildman–Crippen LogP) is 3.69. The van der Waals surface area contributed by atoms with Crippen LogP contribution in [0.15, 0.2) is 48.5 Å². The summed E-state index contributed by atoms with van der Waals surface area (Å²) in [6.07, 6.45) is 0.624. The summed E-state index contributed by atoms with van der Waals surface area (Å²) in [4.78, 5) is 35.9. The Morgan fingerprint density at radius 2 is 1.65 bits per heavy atom. The number of rotatable bonds is 12. The third kappa shape index (κ3) is 6.35. The SMILES string of the molecule is CCCC[C@H](NC(=O)CC(CNC(=O)OCC1c2ccccc2-c2ccccc21)OC)C(=O)O. The molecule has 1 aliphatic rings. The molecule has 182 valence electrons. The van der Waals surface area contributed by atoms with E-state index in [1.807, 2.05) is 43.3 Å². The van der Waals surface area contributed by atoms with Gasteiger partial charge in [0.05, 0.1) is 12.5 Å². The van der Waals surface area contributed by atoms with Gasteiger partial charge in [-0.05, 0) is 28.7 Å². The Balaban J connectivity index is 1.49. The minimum absolute atomic E-state index is 0.0433. The summed E-state index contributed by atoms with van der Waals surface area (Å²) in [7, 11) is 1.43. The molecule has 2 aromatic rings. The van der Waals surface area contributed by atoms with Gasteiger partial charge in [-0.3, -0.25) is 4.79 Å². The third-order valence-corrected chi connectivity index (χ3v) is 6.04. The highest BCUT2D eigenvalue weighted by atomic mass is 16.5. The molecule has 0 aliphatic heterocycles. The van der Waals surface area contributed by atoms with Crippen molar-refractivity contribution in [1.29, 1.82) is 0 Å². The van der Waals surface area contributed by atoms with Gasteiger partial charge >= 0.3 is 12.1 Å². The van der Waals surface area contributed by atoms with Gasteiger partial charge in [0.15, 0.2) is 0 Å². The maximum Gasteiger partial charge on any atom is 0.407 e. The highest BCUT2D eigenvalue weighted by Crippen LogP contribution is 2.44. The lowest BCUT2D eigenvalue weighted by Gasteiger charge is -2.19. The van der Waals surface area contributed by atoms with Crippen molar-refractivity contribution < 1.29 is 29.0 Å². The molecule has 2 aromatic carbocycles. The number of nitrogens with one attached hydrogen (secondary N) is 2. The average Bonchev–Trinajstić information content (AvgIpc) is 3.16. The van der Waals surface area contributed by atoms with Crippen LogP contribution in [-0.4, -0.2) is 55.5 Å². The molecule has 1 unspecified atom stereocenters. The van der Waals surface area contributed by atoms with Gasteiger partial charge in [0, 0.05) is 19.6 Å². The predicted molar refractivity (Wildman–Crippen MR) is 128 cm³/mol. The van der Waals surface area contributed by atoms with E-state index in [4.69, 9.17) is 9.47 Å². The van der Waals surface area contributed by atoms with Crippen LogP contribution in [0.25, 0.3) is 11.1 Å². The number of carboxylic acids is 1. The summed E-state index contributed by atoms with van der Waals surface area (Å²) < 4.78 is 10.8. The Morgan fingerprint density at radius 3 is 2.21 bits per heavy atom. The van der Waals surface area contributed by atoms with Gasteiger partial charge in [-0.2, -0.15) is 0 Å². The van der Waals surface area contributed by atoms with Crippen molar-refractivity contribution in [2.75, 3.05) is 20.3 Å². The fraction of sp³-hybridized carbons (Fsp3) is 0.423. The van der Waals surface area contributed by atoms with Gasteiger partial charge in [0.25, 0.3) is 0 Å². The quantitative estimate of drug-likeness (QED) is 0.438. The van der Waals surface area contributed by atoms with E-state index in [-0.39, 0.29) is 25.5 Å². The molecule has 0 spiro atoms. The number of ether oxygens (including phenoxy) is 2. The minimum Gasteiger partial charge on any atom is -0.480 e. The van der Waals surface area contributed by atoms with Crippen molar-refractivity contribution in [2.24, 2.45) is 0 Å². The van der Waals surface area contributed by atoms with Crippen molar-refractivity contribution in [3.8, 4) is 11.1 Å². The van der Waals surface area contributed by atoms with Crippen molar-refractivity contribution in [3.63, 3.8) is 0 Å². The van der Waals surface area contributed by atoms with Crippen LogP contribution < -0.4 is 10.6 Å². The highest BCUT2D eigenvalue weighted by Gasteiger charge is 2.29. The van der Waals surface area contributed by atoms with Gasteiger partial charge in [0.2, 0.25) is 5.91 Å². The molecular weight excluding hydrogens is 436 g/mol. The number of hydrogen-bond acceptors (Lipinski definition) is 5. The molecule has 0 aromatic heterocycles. The van der Waals surface area contributed by atoms with E-state index in [1.54, 1.807) is 0 Å². The Kier molecular flexibility index (Phi) is 9.04. The standard InChI is InChI=1S/C26H32N2O6/c1-3-4-13-23(25(30)31)28-24(29)14-17(33-2)15-27-26(32)34-16-22-20-11-7-5-9-18(20)19-10-6-8-12-21(19)22/h5-12,17,22-23H,3-4,13-16H2,1-2H3,(H,27,32)(H,28,29)(H,30,31)/t17?,23-/m0/s1. The monoisotopic (exact) mass is 468 g/mol. The summed E-state index contributed by atoms with van der Waals surface area (Å²) in [5, 5.41) is 14.4.